The summed E-state index contributed by atoms with van der Waals surface area (Å²) in [4.78, 5) is 17.7. The van der Waals surface area contributed by atoms with Crippen LogP contribution < -0.4 is 5.32 Å². The Bertz CT molecular complexity index is 1230. The van der Waals surface area contributed by atoms with Gasteiger partial charge in [0.1, 0.15) is 0 Å². The van der Waals surface area contributed by atoms with Crippen molar-refractivity contribution in [3.63, 3.8) is 0 Å². The monoisotopic (exact) mass is 406 g/mol. The number of carbonyl (C=O) groups is 1. The summed E-state index contributed by atoms with van der Waals surface area (Å²) in [6, 6.07) is 21.6. The first-order valence-electron chi connectivity index (χ1n) is 9.28. The Morgan fingerprint density at radius 1 is 0.867 bits per heavy atom. The number of aromatic nitrogens is 1. The highest BCUT2D eigenvalue weighted by Gasteiger charge is 2.34. The largest absolute Gasteiger partial charge is 0.418 e. The lowest BCUT2D eigenvalue weighted by molar-refractivity contribution is -0.136. The molecule has 0 atom stereocenters. The molecule has 30 heavy (non-hydrogen) atoms. The third kappa shape index (κ3) is 3.64. The second-order valence-corrected chi connectivity index (χ2v) is 6.83. The van der Waals surface area contributed by atoms with E-state index in [0.29, 0.717) is 16.8 Å². The number of amides is 1. The van der Waals surface area contributed by atoms with Gasteiger partial charge in [-0.05, 0) is 30.7 Å². The molecule has 0 unspecified atom stereocenters. The number of nitrogens with one attached hydrogen (secondary N) is 1. The Balaban J connectivity index is 1.90. The molecule has 4 rings (SSSR count). The molecule has 1 aromatic heterocycles. The van der Waals surface area contributed by atoms with E-state index < -0.39 is 17.6 Å². The molecule has 1 amide bonds. The van der Waals surface area contributed by atoms with E-state index in [9.17, 15) is 18.0 Å². The Morgan fingerprint density at radius 3 is 2.23 bits per heavy atom. The van der Waals surface area contributed by atoms with Crippen molar-refractivity contribution in [2.45, 2.75) is 13.1 Å². The third-order valence-corrected chi connectivity index (χ3v) is 4.84. The molecule has 0 aliphatic heterocycles. The normalized spacial score (nSPS) is 11.5. The summed E-state index contributed by atoms with van der Waals surface area (Å²) >= 11 is 0. The van der Waals surface area contributed by atoms with Gasteiger partial charge >= 0.3 is 6.18 Å². The molecular formula is C24H17F3N2O. The molecule has 0 aliphatic carbocycles. The van der Waals surface area contributed by atoms with E-state index in [4.69, 9.17) is 0 Å². The molecule has 150 valence electrons. The molecule has 4 aromatic rings. The molecular weight excluding hydrogens is 389 g/mol. The molecule has 0 fully saturated rings. The first-order valence-corrected chi connectivity index (χ1v) is 9.28. The van der Waals surface area contributed by atoms with Crippen LogP contribution in [0.1, 0.15) is 21.6 Å². The van der Waals surface area contributed by atoms with E-state index in [2.05, 4.69) is 10.3 Å². The molecule has 3 aromatic carbocycles. The summed E-state index contributed by atoms with van der Waals surface area (Å²) in [5.74, 6) is -0.638. The van der Waals surface area contributed by atoms with Crippen molar-refractivity contribution >= 4 is 22.5 Å². The van der Waals surface area contributed by atoms with Gasteiger partial charge in [-0.3, -0.25) is 9.78 Å². The number of nitrogens with zero attached hydrogens (tertiary/aromatic N) is 1. The Morgan fingerprint density at radius 2 is 1.50 bits per heavy atom. The molecule has 1 heterocycles. The summed E-state index contributed by atoms with van der Waals surface area (Å²) < 4.78 is 40.1. The van der Waals surface area contributed by atoms with E-state index in [1.807, 2.05) is 54.6 Å². The molecule has 0 spiro atoms. The first kappa shape index (κ1) is 19.6. The van der Waals surface area contributed by atoms with Gasteiger partial charge in [-0.15, -0.1) is 0 Å². The fourth-order valence-electron chi connectivity index (χ4n) is 3.54. The van der Waals surface area contributed by atoms with Crippen LogP contribution in [0.5, 0.6) is 0 Å². The number of aryl methyl sites for hydroxylation is 1. The van der Waals surface area contributed by atoms with Gasteiger partial charge in [-0.2, -0.15) is 13.2 Å². The fraction of sp³-hybridized carbons (Fsp3) is 0.0833. The average Bonchev–Trinajstić information content (AvgIpc) is 2.73. The zero-order chi connectivity index (χ0) is 21.3. The van der Waals surface area contributed by atoms with E-state index in [1.54, 1.807) is 6.92 Å². The van der Waals surface area contributed by atoms with Crippen molar-refractivity contribution in [1.29, 1.82) is 0 Å². The van der Waals surface area contributed by atoms with Gasteiger partial charge in [0.25, 0.3) is 5.91 Å². The Labute approximate surface area is 171 Å². The Hall–Kier alpha value is -3.67. The number of benzene rings is 3. The topological polar surface area (TPSA) is 42.0 Å². The van der Waals surface area contributed by atoms with Crippen LogP contribution in [0.4, 0.5) is 18.9 Å². The van der Waals surface area contributed by atoms with Crippen molar-refractivity contribution < 1.29 is 18.0 Å². The van der Waals surface area contributed by atoms with Crippen molar-refractivity contribution in [3.8, 4) is 11.1 Å². The minimum absolute atomic E-state index is 0.247. The number of carbonyl (C=O) groups excluding carboxylic acids is 1. The highest BCUT2D eigenvalue weighted by atomic mass is 19.4. The molecule has 0 radical (unpaired) electrons. The number of halogens is 3. The van der Waals surface area contributed by atoms with Crippen LogP contribution in [0.25, 0.3) is 22.0 Å². The van der Waals surface area contributed by atoms with Gasteiger partial charge < -0.3 is 5.32 Å². The maximum absolute atomic E-state index is 13.4. The van der Waals surface area contributed by atoms with E-state index in [-0.39, 0.29) is 11.3 Å². The van der Waals surface area contributed by atoms with Crippen molar-refractivity contribution in [1.82, 2.24) is 4.98 Å². The van der Waals surface area contributed by atoms with Crippen LogP contribution >= 0.6 is 0 Å². The number of anilines is 1. The number of pyridine rings is 1. The predicted octanol–water partition coefficient (Wildman–Crippen LogP) is 6.48. The molecule has 6 heteroatoms. The summed E-state index contributed by atoms with van der Waals surface area (Å²) in [6.45, 7) is 1.68. The van der Waals surface area contributed by atoms with Crippen LogP contribution in [0, 0.1) is 6.92 Å². The zero-order valence-corrected chi connectivity index (χ0v) is 16.0. The third-order valence-electron chi connectivity index (χ3n) is 4.84. The van der Waals surface area contributed by atoms with Crippen molar-refractivity contribution in [2.75, 3.05) is 5.32 Å². The summed E-state index contributed by atoms with van der Waals surface area (Å²) in [5.41, 5.74) is 1.63. The standard InChI is InChI=1S/C24H17F3N2O/c1-15-21(23(30)29-20-14-8-6-12-18(20)24(25,26)27)22(16-9-3-2-4-10-16)17-11-5-7-13-19(17)28-15/h2-14H,1H3,(H,29,30). The highest BCUT2D eigenvalue weighted by molar-refractivity contribution is 6.14. The highest BCUT2D eigenvalue weighted by Crippen LogP contribution is 2.36. The maximum atomic E-state index is 13.4. The minimum Gasteiger partial charge on any atom is -0.321 e. The van der Waals surface area contributed by atoms with Crippen LogP contribution in [-0.2, 0) is 6.18 Å². The number of para-hydroxylation sites is 2. The second-order valence-electron chi connectivity index (χ2n) is 6.83. The summed E-state index contributed by atoms with van der Waals surface area (Å²) in [5, 5.41) is 3.20. The van der Waals surface area contributed by atoms with Gasteiger partial charge in [-0.25, -0.2) is 0 Å². The smallest absolute Gasteiger partial charge is 0.321 e. The predicted molar refractivity (Wildman–Crippen MR) is 111 cm³/mol. The fourth-order valence-corrected chi connectivity index (χ4v) is 3.54. The van der Waals surface area contributed by atoms with E-state index in [0.717, 1.165) is 17.0 Å². The molecule has 0 bridgehead atoms. The van der Waals surface area contributed by atoms with Crippen molar-refractivity contribution in [2.24, 2.45) is 0 Å². The molecule has 1 N–H and O–H groups in total. The quantitative estimate of drug-likeness (QED) is 0.423. The molecule has 0 saturated heterocycles. The Kier molecular flexibility index (Phi) is 4.99. The molecule has 3 nitrogen and oxygen atoms in total. The summed E-state index contributed by atoms with van der Waals surface area (Å²) in [6.07, 6.45) is -4.58. The van der Waals surface area contributed by atoms with Crippen LogP contribution in [0.2, 0.25) is 0 Å². The van der Waals surface area contributed by atoms with Crippen molar-refractivity contribution in [3.05, 3.63) is 95.7 Å². The van der Waals surface area contributed by atoms with Crippen LogP contribution in [-0.4, -0.2) is 10.9 Å². The number of fused-ring (bicyclic) bond motifs is 1. The van der Waals surface area contributed by atoms with Gasteiger partial charge in [0.05, 0.1) is 28.0 Å². The van der Waals surface area contributed by atoms with Crippen LogP contribution in [0.15, 0.2) is 78.9 Å². The lowest BCUT2D eigenvalue weighted by atomic mass is 9.93. The van der Waals surface area contributed by atoms with Gasteiger partial charge in [0.2, 0.25) is 0 Å². The SMILES string of the molecule is Cc1nc2ccccc2c(-c2ccccc2)c1C(=O)Nc1ccccc1C(F)(F)F. The lowest BCUT2D eigenvalue weighted by Crippen LogP contribution is -2.19. The molecule has 0 aliphatic rings. The van der Waals surface area contributed by atoms with Crippen LogP contribution in [0.3, 0.4) is 0 Å². The van der Waals surface area contributed by atoms with E-state index >= 15 is 0 Å². The zero-order valence-electron chi connectivity index (χ0n) is 16.0. The lowest BCUT2D eigenvalue weighted by Gasteiger charge is -2.17. The number of rotatable bonds is 3. The van der Waals surface area contributed by atoms with Gasteiger partial charge in [-0.1, -0.05) is 60.7 Å². The average molecular weight is 406 g/mol. The molecule has 0 saturated carbocycles. The van der Waals surface area contributed by atoms with E-state index in [1.165, 1.54) is 18.2 Å². The number of hydrogen-bond acceptors (Lipinski definition) is 2. The van der Waals surface area contributed by atoms with Gasteiger partial charge in [0.15, 0.2) is 0 Å². The number of alkyl halides is 3. The minimum atomic E-state index is -4.58. The summed E-state index contributed by atoms with van der Waals surface area (Å²) in [7, 11) is 0. The maximum Gasteiger partial charge on any atom is 0.418 e. The first-order chi connectivity index (χ1) is 14.4. The number of hydrogen-bond donors (Lipinski definition) is 1. The second kappa shape index (κ2) is 7.63. The van der Waals surface area contributed by atoms with Gasteiger partial charge in [0, 0.05) is 10.9 Å².